The summed E-state index contributed by atoms with van der Waals surface area (Å²) in [5, 5.41) is 11.1. The molecule has 0 saturated carbocycles. The highest BCUT2D eigenvalue weighted by Gasteiger charge is 2.28. The van der Waals surface area contributed by atoms with E-state index < -0.39 is 0 Å². The van der Waals surface area contributed by atoms with Gasteiger partial charge in [0.1, 0.15) is 11.2 Å². The molecule has 0 aliphatic carbocycles. The Morgan fingerprint density at radius 1 is 0.355 bits per heavy atom. The van der Waals surface area contributed by atoms with Crippen molar-refractivity contribution in [1.29, 1.82) is 0 Å². The summed E-state index contributed by atoms with van der Waals surface area (Å²) in [4.78, 5) is 16.3. The summed E-state index contributed by atoms with van der Waals surface area (Å²) in [6.07, 6.45) is 0. The lowest BCUT2D eigenvalue weighted by molar-refractivity contribution is 0.669. The van der Waals surface area contributed by atoms with E-state index in [1.165, 1.54) is 21.5 Å². The number of nitrogens with zero attached hydrogens (tertiary/aromatic N) is 4. The Hall–Kier alpha value is -8.41. The van der Waals surface area contributed by atoms with Crippen LogP contribution in [0.25, 0.3) is 127 Å². The largest absolute Gasteiger partial charge is 0.455 e. The first kappa shape index (κ1) is 34.5. The molecule has 0 fully saturated rings. The van der Waals surface area contributed by atoms with Crippen molar-refractivity contribution in [3.63, 3.8) is 0 Å². The van der Waals surface area contributed by atoms with Crippen molar-refractivity contribution in [3.05, 3.63) is 206 Å². The average Bonchev–Trinajstić information content (AvgIpc) is 3.88. The summed E-state index contributed by atoms with van der Waals surface area (Å²) in [5.74, 6) is 1.70. The lowest BCUT2D eigenvalue weighted by Crippen LogP contribution is -2.05. The van der Waals surface area contributed by atoms with E-state index in [2.05, 4.69) is 199 Å². The Bertz CT molecular complexity index is 3910. The number of fused-ring (bicyclic) bond motifs is 10. The van der Waals surface area contributed by atoms with E-state index in [4.69, 9.17) is 19.4 Å². The second kappa shape index (κ2) is 13.6. The highest BCUT2D eigenvalue weighted by Crippen LogP contribution is 2.48. The van der Waals surface area contributed by atoms with Gasteiger partial charge in [0, 0.05) is 38.1 Å². The van der Waals surface area contributed by atoms with Crippen LogP contribution in [0.5, 0.6) is 0 Å². The van der Waals surface area contributed by atoms with E-state index in [1.54, 1.807) is 0 Å². The second-order valence-corrected chi connectivity index (χ2v) is 15.9. The minimum atomic E-state index is 0.529. The Morgan fingerprint density at radius 3 is 1.76 bits per heavy atom. The molecular weight excluding hydrogens is 757 g/mol. The first-order valence-electron chi connectivity index (χ1n) is 20.9. The summed E-state index contributed by atoms with van der Waals surface area (Å²) in [7, 11) is 0. The molecule has 10 aromatic carbocycles. The molecule has 288 valence electrons. The molecule has 0 radical (unpaired) electrons. The SMILES string of the molecule is c1ccc(-c2ccc(-c3nc(-c4cccc5ccccc45)nc(-c4c(-n5c6ccccc6c6cc7ccccc7cc65)c5ccccc5c5c4oc4ccccc45)n3)cc2)cc1. The first-order chi connectivity index (χ1) is 30.7. The van der Waals surface area contributed by atoms with E-state index in [0.29, 0.717) is 17.5 Å². The number of para-hydroxylation sites is 2. The standard InChI is InChI=1S/C57H34N4O/c1-2-15-35(16-3-1)36-29-31-38(32-30-36)55-58-56(45-26-14-20-37-17-6-7-21-41(37)45)60-57(59-55)52-53(44-24-9-8-23-43(44)51-46-25-11-13-28-50(46)62-54(51)52)61-48-27-12-10-22-42(48)47-33-39-18-4-5-19-40(39)34-49(47)61/h1-34H. The molecule has 0 aliphatic heterocycles. The van der Waals surface area contributed by atoms with Crippen LogP contribution in [-0.4, -0.2) is 19.5 Å². The molecule has 3 heterocycles. The topological polar surface area (TPSA) is 56.7 Å². The Morgan fingerprint density at radius 2 is 0.935 bits per heavy atom. The fraction of sp³-hybridized carbons (Fsp3) is 0. The van der Waals surface area contributed by atoms with Crippen LogP contribution in [0.4, 0.5) is 0 Å². The van der Waals surface area contributed by atoms with Crippen LogP contribution in [0.15, 0.2) is 211 Å². The molecule has 0 aliphatic rings. The van der Waals surface area contributed by atoms with Crippen LogP contribution in [0.1, 0.15) is 0 Å². The second-order valence-electron chi connectivity index (χ2n) is 15.9. The van der Waals surface area contributed by atoms with E-state index in [-0.39, 0.29) is 0 Å². The third-order valence-electron chi connectivity index (χ3n) is 12.4. The molecular formula is C57H34N4O. The highest BCUT2D eigenvalue weighted by atomic mass is 16.3. The van der Waals surface area contributed by atoms with E-state index >= 15 is 0 Å². The normalized spacial score (nSPS) is 11.9. The van der Waals surface area contributed by atoms with Gasteiger partial charge in [0.2, 0.25) is 0 Å². The third-order valence-corrected chi connectivity index (χ3v) is 12.4. The van der Waals surface area contributed by atoms with Crippen molar-refractivity contribution >= 4 is 76.1 Å². The predicted molar refractivity (Wildman–Crippen MR) is 256 cm³/mol. The maximum absolute atomic E-state index is 7.09. The maximum atomic E-state index is 7.09. The van der Waals surface area contributed by atoms with Crippen LogP contribution in [0.3, 0.4) is 0 Å². The van der Waals surface area contributed by atoms with Gasteiger partial charge in [0.05, 0.1) is 22.3 Å². The van der Waals surface area contributed by atoms with Gasteiger partial charge in [-0.15, -0.1) is 0 Å². The molecule has 0 amide bonds. The predicted octanol–water partition coefficient (Wildman–Crippen LogP) is 15.0. The number of benzene rings is 10. The van der Waals surface area contributed by atoms with Crippen molar-refractivity contribution in [2.24, 2.45) is 0 Å². The molecule has 13 rings (SSSR count). The Balaban J connectivity index is 1.20. The number of hydrogen-bond acceptors (Lipinski definition) is 4. The zero-order valence-electron chi connectivity index (χ0n) is 33.3. The lowest BCUT2D eigenvalue weighted by Gasteiger charge is -2.18. The van der Waals surface area contributed by atoms with Gasteiger partial charge in [-0.3, -0.25) is 0 Å². The third kappa shape index (κ3) is 5.25. The van der Waals surface area contributed by atoms with Crippen molar-refractivity contribution in [3.8, 4) is 51.0 Å². The van der Waals surface area contributed by atoms with Gasteiger partial charge in [-0.25, -0.2) is 15.0 Å². The summed E-state index contributed by atoms with van der Waals surface area (Å²) in [5.41, 5.74) is 9.56. The van der Waals surface area contributed by atoms with E-state index in [9.17, 15) is 0 Å². The zero-order chi connectivity index (χ0) is 40.7. The van der Waals surface area contributed by atoms with Crippen molar-refractivity contribution in [2.45, 2.75) is 0 Å². The summed E-state index contributed by atoms with van der Waals surface area (Å²) in [6, 6.07) is 72.6. The molecule has 3 aromatic heterocycles. The Labute approximate surface area is 355 Å². The number of rotatable bonds is 5. The quantitative estimate of drug-likeness (QED) is 0.174. The molecule has 0 saturated heterocycles. The van der Waals surface area contributed by atoms with E-state index in [1.807, 2.05) is 12.1 Å². The number of furan rings is 1. The highest BCUT2D eigenvalue weighted by molar-refractivity contribution is 6.26. The van der Waals surface area contributed by atoms with Gasteiger partial charge >= 0.3 is 0 Å². The van der Waals surface area contributed by atoms with Crippen LogP contribution in [0.2, 0.25) is 0 Å². The summed E-state index contributed by atoms with van der Waals surface area (Å²) in [6.45, 7) is 0. The molecule has 5 heteroatoms. The number of hydrogen-bond donors (Lipinski definition) is 0. The monoisotopic (exact) mass is 790 g/mol. The smallest absolute Gasteiger partial charge is 0.170 e. The molecule has 0 unspecified atom stereocenters. The maximum Gasteiger partial charge on any atom is 0.170 e. The van der Waals surface area contributed by atoms with Gasteiger partial charge < -0.3 is 8.98 Å². The van der Waals surface area contributed by atoms with Gasteiger partial charge in [-0.2, -0.15) is 0 Å². The molecule has 62 heavy (non-hydrogen) atoms. The first-order valence-corrected chi connectivity index (χ1v) is 20.9. The molecule has 13 aromatic rings. The fourth-order valence-corrected chi connectivity index (χ4v) is 9.57. The molecule has 5 nitrogen and oxygen atoms in total. The van der Waals surface area contributed by atoms with Crippen molar-refractivity contribution in [1.82, 2.24) is 19.5 Å². The summed E-state index contributed by atoms with van der Waals surface area (Å²) < 4.78 is 9.51. The molecule has 0 spiro atoms. The zero-order valence-corrected chi connectivity index (χ0v) is 33.3. The average molecular weight is 791 g/mol. The lowest BCUT2D eigenvalue weighted by atomic mass is 9.96. The fourth-order valence-electron chi connectivity index (χ4n) is 9.57. The van der Waals surface area contributed by atoms with Gasteiger partial charge in [-0.05, 0) is 62.3 Å². The Kier molecular flexibility index (Phi) is 7.54. The molecule has 0 atom stereocenters. The van der Waals surface area contributed by atoms with Crippen LogP contribution in [0, 0.1) is 0 Å². The summed E-state index contributed by atoms with van der Waals surface area (Å²) >= 11 is 0. The van der Waals surface area contributed by atoms with Crippen molar-refractivity contribution in [2.75, 3.05) is 0 Å². The molecule has 0 N–H and O–H groups in total. The molecule has 0 bridgehead atoms. The van der Waals surface area contributed by atoms with Gasteiger partial charge in [0.15, 0.2) is 17.5 Å². The minimum absolute atomic E-state index is 0.529. The van der Waals surface area contributed by atoms with Crippen molar-refractivity contribution < 1.29 is 4.42 Å². The van der Waals surface area contributed by atoms with Gasteiger partial charge in [-0.1, -0.05) is 182 Å². The van der Waals surface area contributed by atoms with Crippen LogP contribution >= 0.6 is 0 Å². The number of aromatic nitrogens is 4. The van der Waals surface area contributed by atoms with Crippen LogP contribution < -0.4 is 0 Å². The van der Waals surface area contributed by atoms with Gasteiger partial charge in [0.25, 0.3) is 0 Å². The van der Waals surface area contributed by atoms with Crippen LogP contribution in [-0.2, 0) is 0 Å². The minimum Gasteiger partial charge on any atom is -0.455 e. The van der Waals surface area contributed by atoms with E-state index in [0.717, 1.165) is 88.0 Å².